The van der Waals surface area contributed by atoms with Crippen LogP contribution in [-0.4, -0.2) is 60.7 Å². The standard InChI is InChI=1S/Ca.H2O4S.H2O.2H/c;1-5(2,3)4;;;/h;(H2,1,2,3,4);1H2;;/q+2;;;2*-1/p+2. The zero-order valence-corrected chi connectivity index (χ0v) is 6.35. The molecule has 7 heavy (non-hydrogen) atoms. The molecule has 0 heterocycles. The van der Waals surface area contributed by atoms with Crippen LogP contribution in [0, 0.1) is 0 Å². The molecule has 0 aliphatic heterocycles. The molecule has 0 saturated heterocycles. The third-order valence-electron chi connectivity index (χ3n) is 0. The van der Waals surface area contributed by atoms with Gasteiger partial charge >= 0.3 is 51.0 Å². The Kier molecular flexibility index (Phi) is 11.7. The van der Waals surface area contributed by atoms with E-state index in [1.54, 1.807) is 0 Å². The molecule has 7 heteroatoms. The maximum Gasteiger partial charge on any atom is 2.00 e. The Labute approximate surface area is 76.5 Å². The first-order valence-corrected chi connectivity index (χ1v) is 2.10. The quantitative estimate of drug-likeness (QED) is 0.335. The van der Waals surface area contributed by atoms with Crippen LogP contribution in [0.25, 0.3) is 0 Å². The van der Waals surface area contributed by atoms with Gasteiger partial charge in [0.25, 0.3) is 0 Å². The van der Waals surface area contributed by atoms with Crippen LogP contribution in [0.3, 0.4) is 0 Å². The molecule has 0 aliphatic carbocycles. The second-order valence-corrected chi connectivity index (χ2v) is 1.34. The molecule has 0 rings (SSSR count). The van der Waals surface area contributed by atoms with Gasteiger partial charge in [0, 0.05) is 0 Å². The Hall–Kier alpha value is 1.09. The fourth-order valence-corrected chi connectivity index (χ4v) is 0. The summed E-state index contributed by atoms with van der Waals surface area (Å²) in [6.07, 6.45) is 0. The molecule has 0 aliphatic rings. The second kappa shape index (κ2) is 5.23. The predicted molar refractivity (Wildman–Crippen MR) is 28.0 cm³/mol. The molecule has 0 unspecified atom stereocenters. The summed E-state index contributed by atoms with van der Waals surface area (Å²) >= 11 is 0. The molecule has 5 nitrogen and oxygen atoms in total. The average molecular weight is 160 g/mol. The number of hydrogen-bond donors (Lipinski definition) is 2. The topological polar surface area (TPSA) is 106 Å². The molecule has 0 fully saturated rings. The predicted octanol–water partition coefficient (Wildman–Crippen LogP) is -1.41. The van der Waals surface area contributed by atoms with E-state index >= 15 is 0 Å². The van der Waals surface area contributed by atoms with Crippen LogP contribution in [0.15, 0.2) is 0 Å². The van der Waals surface area contributed by atoms with Gasteiger partial charge in [0.15, 0.2) is 0 Å². The van der Waals surface area contributed by atoms with E-state index in [9.17, 15) is 0 Å². The fraction of sp³-hybridized carbons (Fsp3) is 0. The van der Waals surface area contributed by atoms with Crippen LogP contribution in [0.2, 0.25) is 0 Å². The molecule has 44 valence electrons. The van der Waals surface area contributed by atoms with E-state index in [1.165, 1.54) is 0 Å². The molecule has 0 bridgehead atoms. The Morgan fingerprint density at radius 2 is 1.43 bits per heavy atom. The molecule has 0 saturated carbocycles. The van der Waals surface area contributed by atoms with E-state index in [0.29, 0.717) is 0 Å². The summed E-state index contributed by atoms with van der Waals surface area (Å²) in [5.74, 6) is 0. The molecule has 0 aromatic heterocycles. The van der Waals surface area contributed by atoms with Gasteiger partial charge in [0.2, 0.25) is 0 Å². The summed E-state index contributed by atoms with van der Waals surface area (Å²) in [4.78, 5) is 0. The number of hydrogen-bond acceptors (Lipinski definition) is 2. The van der Waals surface area contributed by atoms with Gasteiger partial charge in [0.1, 0.15) is 0 Å². The van der Waals surface area contributed by atoms with Crippen LogP contribution < -0.4 is 0 Å². The van der Waals surface area contributed by atoms with E-state index in [0.717, 1.165) is 0 Å². The molecule has 0 radical (unpaired) electrons. The van der Waals surface area contributed by atoms with Gasteiger partial charge in [-0.05, 0) is 0 Å². The van der Waals surface area contributed by atoms with Crippen molar-refractivity contribution in [1.29, 1.82) is 0 Å². The Balaban J connectivity index is -0.00000000533. The molecular weight excluding hydrogens is 152 g/mol. The smallest absolute Gasteiger partial charge is 1.00 e. The normalized spacial score (nSPS) is 8.29. The maximum absolute atomic E-state index is 8.74. The van der Waals surface area contributed by atoms with E-state index < -0.39 is 10.4 Å². The van der Waals surface area contributed by atoms with Crippen LogP contribution in [0.4, 0.5) is 0 Å². The third-order valence-corrected chi connectivity index (χ3v) is 0. The zero-order chi connectivity index (χ0) is 4.50. The Morgan fingerprint density at radius 3 is 1.43 bits per heavy atom. The van der Waals surface area contributed by atoms with Crippen molar-refractivity contribution in [1.82, 2.24) is 0 Å². The molecule has 0 spiro atoms. The van der Waals surface area contributed by atoms with Crippen molar-refractivity contribution in [3.8, 4) is 0 Å². The Bertz CT molecular complexity index is 102. The van der Waals surface area contributed by atoms with Gasteiger partial charge in [-0.25, -0.2) is 0 Å². The van der Waals surface area contributed by atoms with Gasteiger partial charge in [-0.3, -0.25) is 9.11 Å². The van der Waals surface area contributed by atoms with Crippen molar-refractivity contribution in [2.45, 2.75) is 0 Å². The molecule has 4 N–H and O–H groups in total. The van der Waals surface area contributed by atoms with E-state index in [-0.39, 0.29) is 48.9 Å². The van der Waals surface area contributed by atoms with Gasteiger partial charge < -0.3 is 8.33 Å². The molecule has 0 atom stereocenters. The van der Waals surface area contributed by atoms with Gasteiger partial charge in [-0.1, -0.05) is 0 Å². The summed E-state index contributed by atoms with van der Waals surface area (Å²) in [5.41, 5.74) is 0. The fourth-order valence-electron chi connectivity index (χ4n) is 0. The monoisotopic (exact) mass is 160 g/mol. The van der Waals surface area contributed by atoms with Crippen LogP contribution in [-0.2, 0) is 10.4 Å². The van der Waals surface area contributed by atoms with E-state index in [1.807, 2.05) is 0 Å². The molecular formula is H8CaO5S+2. The molecule has 0 aromatic rings. The minimum atomic E-state index is -4.67. The number of rotatable bonds is 0. The maximum atomic E-state index is 8.74. The largest absolute Gasteiger partial charge is 2.00 e. The van der Waals surface area contributed by atoms with Gasteiger partial charge in [-0.2, -0.15) is 8.42 Å². The Morgan fingerprint density at radius 1 is 1.43 bits per heavy atom. The van der Waals surface area contributed by atoms with Crippen molar-refractivity contribution in [2.75, 3.05) is 0 Å². The van der Waals surface area contributed by atoms with Crippen molar-refractivity contribution in [2.24, 2.45) is 0 Å². The summed E-state index contributed by atoms with van der Waals surface area (Å²) in [7, 11) is -4.67. The third kappa shape index (κ3) is 155. The summed E-state index contributed by atoms with van der Waals surface area (Å²) in [6, 6.07) is 0. The van der Waals surface area contributed by atoms with Crippen molar-refractivity contribution >= 4 is 48.1 Å². The molecule has 0 amide bonds. The first kappa shape index (κ1) is 15.7. The van der Waals surface area contributed by atoms with E-state index in [2.05, 4.69) is 0 Å². The van der Waals surface area contributed by atoms with Gasteiger partial charge in [0.05, 0.1) is 0 Å². The zero-order valence-electron chi connectivity index (χ0n) is 7.33. The van der Waals surface area contributed by atoms with Crippen LogP contribution in [0.5, 0.6) is 0 Å². The minimum Gasteiger partial charge on any atom is -1.00 e. The van der Waals surface area contributed by atoms with E-state index in [4.69, 9.17) is 17.5 Å². The van der Waals surface area contributed by atoms with Crippen molar-refractivity contribution < 1.29 is 28.7 Å². The van der Waals surface area contributed by atoms with Crippen LogP contribution in [0.1, 0.15) is 5.71 Å². The first-order chi connectivity index (χ1) is 2.00. The van der Waals surface area contributed by atoms with Crippen LogP contribution >= 0.6 is 0 Å². The summed E-state index contributed by atoms with van der Waals surface area (Å²) in [5, 5.41) is 0. The SMILES string of the molecule is O.O=S(=O)(O)O.[Ca+2].[H+].[H+].[H-].[H-]. The summed E-state index contributed by atoms with van der Waals surface area (Å²) < 4.78 is 31.6. The second-order valence-electron chi connectivity index (χ2n) is 0.448. The first-order valence-electron chi connectivity index (χ1n) is 0.698. The van der Waals surface area contributed by atoms with Crippen molar-refractivity contribution in [3.05, 3.63) is 0 Å². The average Bonchev–Trinajstić information content (AvgIpc) is 0.722. The summed E-state index contributed by atoms with van der Waals surface area (Å²) in [6.45, 7) is 0. The van der Waals surface area contributed by atoms with Gasteiger partial charge in [-0.15, -0.1) is 0 Å². The minimum absolute atomic E-state index is 0. The molecule has 0 aromatic carbocycles. The van der Waals surface area contributed by atoms with Crippen molar-refractivity contribution in [3.63, 3.8) is 0 Å².